The predicted octanol–water partition coefficient (Wildman–Crippen LogP) is 2.88. The first-order valence-electron chi connectivity index (χ1n) is 6.68. The molecule has 2 aromatic heterocycles. The number of halogens is 1. The Morgan fingerprint density at radius 2 is 2.24 bits per heavy atom. The number of aromatic nitrogens is 2. The fraction of sp³-hybridized carbons (Fsp3) is 0.357. The zero-order valence-corrected chi connectivity index (χ0v) is 12.8. The lowest BCUT2D eigenvalue weighted by molar-refractivity contribution is 0.0516. The van der Waals surface area contributed by atoms with Crippen LogP contribution in [-0.4, -0.2) is 40.0 Å². The summed E-state index contributed by atoms with van der Waals surface area (Å²) >= 11 is 7.27. The summed E-state index contributed by atoms with van der Waals surface area (Å²) in [5.74, 6) is 0.0570. The summed E-state index contributed by atoms with van der Waals surface area (Å²) in [5, 5.41) is 4.25. The van der Waals surface area contributed by atoms with Crippen molar-refractivity contribution in [2.45, 2.75) is 18.9 Å². The fourth-order valence-electron chi connectivity index (χ4n) is 2.30. The molecule has 0 N–H and O–H groups in total. The van der Waals surface area contributed by atoms with Crippen molar-refractivity contribution in [1.82, 2.24) is 14.9 Å². The lowest BCUT2D eigenvalue weighted by Crippen LogP contribution is -2.44. The molecule has 3 rings (SSSR count). The number of hydrogen-bond donors (Lipinski definition) is 0. The molecule has 1 aliphatic rings. The highest BCUT2D eigenvalue weighted by Crippen LogP contribution is 2.19. The van der Waals surface area contributed by atoms with Gasteiger partial charge in [0.15, 0.2) is 0 Å². The molecule has 1 atom stereocenters. The minimum atomic E-state index is -0.0810. The highest BCUT2D eigenvalue weighted by atomic mass is 35.5. The summed E-state index contributed by atoms with van der Waals surface area (Å²) in [6, 6.07) is 2.15. The number of carbonyl (C=O) groups is 1. The van der Waals surface area contributed by atoms with E-state index in [1.54, 1.807) is 0 Å². The lowest BCUT2D eigenvalue weighted by Gasteiger charge is -2.32. The summed E-state index contributed by atoms with van der Waals surface area (Å²) in [4.78, 5) is 22.2. The SMILES string of the molecule is O=C(c1ccsc1)N1CCCC(Oc2ncc(Cl)cn2)C1. The van der Waals surface area contributed by atoms with Gasteiger partial charge in [-0.15, -0.1) is 0 Å². The summed E-state index contributed by atoms with van der Waals surface area (Å²) in [6.07, 6.45) is 4.72. The molecule has 2 aromatic rings. The first-order valence-corrected chi connectivity index (χ1v) is 8.00. The lowest BCUT2D eigenvalue weighted by atomic mass is 10.1. The number of piperidine rings is 1. The molecular formula is C14H14ClN3O2S. The highest BCUT2D eigenvalue weighted by molar-refractivity contribution is 7.08. The van der Waals surface area contributed by atoms with Gasteiger partial charge in [-0.1, -0.05) is 11.6 Å². The van der Waals surface area contributed by atoms with Crippen LogP contribution in [0.1, 0.15) is 23.2 Å². The van der Waals surface area contributed by atoms with Crippen LogP contribution < -0.4 is 4.74 Å². The molecule has 0 aliphatic carbocycles. The highest BCUT2D eigenvalue weighted by Gasteiger charge is 2.26. The zero-order chi connectivity index (χ0) is 14.7. The molecule has 5 nitrogen and oxygen atoms in total. The Labute approximate surface area is 131 Å². The van der Waals surface area contributed by atoms with Crippen LogP contribution >= 0.6 is 22.9 Å². The van der Waals surface area contributed by atoms with Gasteiger partial charge < -0.3 is 9.64 Å². The zero-order valence-electron chi connectivity index (χ0n) is 11.2. The summed E-state index contributed by atoms with van der Waals surface area (Å²) in [5.41, 5.74) is 0.739. The van der Waals surface area contributed by atoms with Crippen molar-refractivity contribution in [3.8, 4) is 6.01 Å². The van der Waals surface area contributed by atoms with Crippen LogP contribution in [0.15, 0.2) is 29.2 Å². The first kappa shape index (κ1) is 14.3. The molecule has 1 aliphatic heterocycles. The third-order valence-corrected chi connectivity index (χ3v) is 4.18. The number of ether oxygens (including phenoxy) is 1. The molecule has 3 heterocycles. The summed E-state index contributed by atoms with van der Waals surface area (Å²) < 4.78 is 5.74. The molecule has 7 heteroatoms. The van der Waals surface area contributed by atoms with Crippen molar-refractivity contribution in [1.29, 1.82) is 0 Å². The van der Waals surface area contributed by atoms with Gasteiger partial charge in [0.25, 0.3) is 5.91 Å². The Hall–Kier alpha value is -1.66. The minimum absolute atomic E-state index is 0.0570. The van der Waals surface area contributed by atoms with Gasteiger partial charge >= 0.3 is 6.01 Å². The van der Waals surface area contributed by atoms with Crippen LogP contribution in [-0.2, 0) is 0 Å². The Morgan fingerprint density at radius 1 is 1.43 bits per heavy atom. The normalized spacial score (nSPS) is 18.5. The summed E-state index contributed by atoms with van der Waals surface area (Å²) in [7, 11) is 0. The van der Waals surface area contributed by atoms with Crippen LogP contribution in [0.3, 0.4) is 0 Å². The Morgan fingerprint density at radius 3 is 2.95 bits per heavy atom. The van der Waals surface area contributed by atoms with Crippen molar-refractivity contribution in [2.24, 2.45) is 0 Å². The number of thiophene rings is 1. The van der Waals surface area contributed by atoms with Gasteiger partial charge in [0.05, 0.1) is 29.5 Å². The maximum Gasteiger partial charge on any atom is 0.316 e. The van der Waals surface area contributed by atoms with Gasteiger partial charge in [-0.3, -0.25) is 4.79 Å². The van der Waals surface area contributed by atoms with Crippen molar-refractivity contribution in [3.05, 3.63) is 39.8 Å². The van der Waals surface area contributed by atoms with Crippen molar-refractivity contribution < 1.29 is 9.53 Å². The third kappa shape index (κ3) is 3.51. The molecule has 110 valence electrons. The van der Waals surface area contributed by atoms with E-state index in [0.29, 0.717) is 17.6 Å². The summed E-state index contributed by atoms with van der Waals surface area (Å²) in [6.45, 7) is 1.32. The van der Waals surface area contributed by atoms with E-state index in [1.165, 1.54) is 23.7 Å². The topological polar surface area (TPSA) is 55.3 Å². The molecule has 1 fully saturated rings. The molecular weight excluding hydrogens is 310 g/mol. The molecule has 21 heavy (non-hydrogen) atoms. The number of rotatable bonds is 3. The number of nitrogens with zero attached hydrogens (tertiary/aromatic N) is 3. The molecule has 0 radical (unpaired) electrons. The van der Waals surface area contributed by atoms with Crippen molar-refractivity contribution in [3.63, 3.8) is 0 Å². The molecule has 1 saturated heterocycles. The number of hydrogen-bond acceptors (Lipinski definition) is 5. The van der Waals surface area contributed by atoms with Crippen molar-refractivity contribution in [2.75, 3.05) is 13.1 Å². The molecule has 0 spiro atoms. The molecule has 0 aromatic carbocycles. The average Bonchev–Trinajstić information content (AvgIpc) is 3.03. The van der Waals surface area contributed by atoms with Gasteiger partial charge in [0.1, 0.15) is 6.10 Å². The predicted molar refractivity (Wildman–Crippen MR) is 80.9 cm³/mol. The van der Waals surface area contributed by atoms with E-state index in [0.717, 1.165) is 24.9 Å². The van der Waals surface area contributed by atoms with Gasteiger partial charge in [-0.2, -0.15) is 11.3 Å². The van der Waals surface area contributed by atoms with E-state index in [9.17, 15) is 4.79 Å². The van der Waals surface area contributed by atoms with E-state index < -0.39 is 0 Å². The maximum atomic E-state index is 12.3. The van der Waals surface area contributed by atoms with Crippen LogP contribution in [0, 0.1) is 0 Å². The first-order chi connectivity index (χ1) is 10.2. The van der Waals surface area contributed by atoms with E-state index >= 15 is 0 Å². The standard InChI is InChI=1S/C14H14ClN3O2S/c15-11-6-16-14(17-7-11)20-12-2-1-4-18(8-12)13(19)10-3-5-21-9-10/h3,5-7,9,12H,1-2,4,8H2. The second-order valence-electron chi connectivity index (χ2n) is 4.83. The largest absolute Gasteiger partial charge is 0.458 e. The second-order valence-corrected chi connectivity index (χ2v) is 6.05. The number of likely N-dealkylation sites (tertiary alicyclic amines) is 1. The average molecular weight is 324 g/mol. The molecule has 1 unspecified atom stereocenters. The molecule has 0 bridgehead atoms. The minimum Gasteiger partial charge on any atom is -0.458 e. The molecule has 1 amide bonds. The number of carbonyl (C=O) groups excluding carboxylic acids is 1. The van der Waals surface area contributed by atoms with Gasteiger partial charge in [-0.05, 0) is 24.3 Å². The van der Waals surface area contributed by atoms with Gasteiger partial charge in [-0.25, -0.2) is 9.97 Å². The van der Waals surface area contributed by atoms with Gasteiger partial charge in [0, 0.05) is 11.9 Å². The van der Waals surface area contributed by atoms with Crippen LogP contribution in [0.5, 0.6) is 6.01 Å². The van der Waals surface area contributed by atoms with E-state index in [4.69, 9.17) is 16.3 Å². The van der Waals surface area contributed by atoms with E-state index in [2.05, 4.69) is 9.97 Å². The van der Waals surface area contributed by atoms with Gasteiger partial charge in [0.2, 0.25) is 0 Å². The Kier molecular flexibility index (Phi) is 4.36. The van der Waals surface area contributed by atoms with E-state index in [1.807, 2.05) is 21.7 Å². The monoisotopic (exact) mass is 323 g/mol. The number of amides is 1. The Balaban J connectivity index is 1.63. The third-order valence-electron chi connectivity index (χ3n) is 3.30. The van der Waals surface area contributed by atoms with Crippen molar-refractivity contribution >= 4 is 28.8 Å². The maximum absolute atomic E-state index is 12.3. The van der Waals surface area contributed by atoms with E-state index in [-0.39, 0.29) is 12.0 Å². The Bertz CT molecular complexity index is 603. The molecule has 0 saturated carbocycles. The quantitative estimate of drug-likeness (QED) is 0.871. The van der Waals surface area contributed by atoms with Crippen LogP contribution in [0.4, 0.5) is 0 Å². The van der Waals surface area contributed by atoms with Crippen LogP contribution in [0.2, 0.25) is 5.02 Å². The fourth-order valence-corrected chi connectivity index (χ4v) is 3.03. The van der Waals surface area contributed by atoms with Crippen LogP contribution in [0.25, 0.3) is 0 Å². The second kappa shape index (κ2) is 6.41. The smallest absolute Gasteiger partial charge is 0.316 e.